The Bertz CT molecular complexity index is 862. The maximum atomic E-state index is 12.3. The molecule has 0 radical (unpaired) electrons. The second-order valence-corrected chi connectivity index (χ2v) is 6.13. The van der Waals surface area contributed by atoms with Gasteiger partial charge in [-0.05, 0) is 30.3 Å². The van der Waals surface area contributed by atoms with E-state index in [-0.39, 0.29) is 12.0 Å². The second kappa shape index (κ2) is 5.89. The summed E-state index contributed by atoms with van der Waals surface area (Å²) in [6.45, 7) is 0.819. The number of hydrogen-bond acceptors (Lipinski definition) is 5. The molecule has 23 heavy (non-hydrogen) atoms. The van der Waals surface area contributed by atoms with E-state index in [4.69, 9.17) is 9.47 Å². The fraction of sp³-hybridized carbons (Fsp3) is 0.176. The Balaban J connectivity index is 1.40. The van der Waals surface area contributed by atoms with Gasteiger partial charge in [-0.15, -0.1) is 11.3 Å². The monoisotopic (exact) mass is 326 g/mol. The number of benzene rings is 2. The fourth-order valence-corrected chi connectivity index (χ4v) is 3.18. The maximum absolute atomic E-state index is 12.3. The number of nitrogens with one attached hydrogen (secondary N) is 1. The number of amides is 1. The van der Waals surface area contributed by atoms with Crippen molar-refractivity contribution in [2.24, 2.45) is 0 Å². The van der Waals surface area contributed by atoms with Crippen molar-refractivity contribution < 1.29 is 14.3 Å². The highest BCUT2D eigenvalue weighted by molar-refractivity contribution is 7.16. The number of carbonyl (C=O) groups is 1. The van der Waals surface area contributed by atoms with Gasteiger partial charge in [0, 0.05) is 5.56 Å². The third-order valence-corrected chi connectivity index (χ3v) is 4.44. The van der Waals surface area contributed by atoms with Crippen molar-refractivity contribution in [3.05, 3.63) is 53.5 Å². The van der Waals surface area contributed by atoms with Gasteiger partial charge in [-0.25, -0.2) is 4.98 Å². The van der Waals surface area contributed by atoms with Crippen LogP contribution >= 0.6 is 11.3 Å². The van der Waals surface area contributed by atoms with Crippen molar-refractivity contribution in [3.8, 4) is 11.5 Å². The summed E-state index contributed by atoms with van der Waals surface area (Å²) in [5.74, 6) is 1.33. The van der Waals surface area contributed by atoms with E-state index in [9.17, 15) is 4.79 Å². The molecule has 6 heteroatoms. The van der Waals surface area contributed by atoms with Crippen LogP contribution < -0.4 is 14.8 Å². The van der Waals surface area contributed by atoms with Gasteiger partial charge in [-0.2, -0.15) is 0 Å². The maximum Gasteiger partial charge on any atom is 0.251 e. The molecule has 0 saturated heterocycles. The topological polar surface area (TPSA) is 60.5 Å². The predicted molar refractivity (Wildman–Crippen MR) is 88.3 cm³/mol. The largest absolute Gasteiger partial charge is 0.486 e. The molecule has 0 fully saturated rings. The minimum Gasteiger partial charge on any atom is -0.486 e. The van der Waals surface area contributed by atoms with Gasteiger partial charge in [0.25, 0.3) is 5.91 Å². The van der Waals surface area contributed by atoms with Gasteiger partial charge >= 0.3 is 0 Å². The molecule has 0 aliphatic carbocycles. The molecular weight excluding hydrogens is 312 g/mol. The number of carbonyl (C=O) groups excluding carboxylic acids is 1. The molecule has 0 saturated carbocycles. The third-order valence-electron chi connectivity index (χ3n) is 3.65. The molecule has 1 unspecified atom stereocenters. The summed E-state index contributed by atoms with van der Waals surface area (Å²) >= 11 is 1.52. The van der Waals surface area contributed by atoms with Crippen LogP contribution in [0.15, 0.2) is 48.0 Å². The summed E-state index contributed by atoms with van der Waals surface area (Å²) in [5.41, 5.74) is 3.31. The molecule has 1 amide bonds. The number of rotatable bonds is 3. The standard InChI is InChI=1S/C17H14N2O3S/c20-17(11-5-6-13-16(7-11)23-10-19-13)18-8-12-9-21-14-3-1-2-4-15(14)22-12/h1-7,10,12H,8-9H2,(H,18,20). The number of thiazole rings is 1. The van der Waals surface area contributed by atoms with Crippen LogP contribution in [0.1, 0.15) is 10.4 Å². The smallest absolute Gasteiger partial charge is 0.251 e. The number of nitrogens with zero attached hydrogens (tertiary/aromatic N) is 1. The minimum absolute atomic E-state index is 0.122. The van der Waals surface area contributed by atoms with Crippen LogP contribution in [-0.4, -0.2) is 30.1 Å². The van der Waals surface area contributed by atoms with Crippen molar-refractivity contribution in [1.82, 2.24) is 10.3 Å². The molecule has 5 nitrogen and oxygen atoms in total. The third kappa shape index (κ3) is 2.85. The van der Waals surface area contributed by atoms with Crippen molar-refractivity contribution in [2.45, 2.75) is 6.10 Å². The van der Waals surface area contributed by atoms with E-state index in [1.165, 1.54) is 11.3 Å². The van der Waals surface area contributed by atoms with Crippen LogP contribution in [0, 0.1) is 0 Å². The van der Waals surface area contributed by atoms with Crippen LogP contribution in [0.25, 0.3) is 10.2 Å². The first-order valence-electron chi connectivity index (χ1n) is 7.29. The van der Waals surface area contributed by atoms with E-state index in [0.717, 1.165) is 16.0 Å². The fourth-order valence-electron chi connectivity index (χ4n) is 2.47. The zero-order valence-corrected chi connectivity index (χ0v) is 13.0. The predicted octanol–water partition coefficient (Wildman–Crippen LogP) is 2.87. The molecule has 0 bridgehead atoms. The average Bonchev–Trinajstić information content (AvgIpc) is 3.07. The van der Waals surface area contributed by atoms with E-state index in [1.807, 2.05) is 36.4 Å². The lowest BCUT2D eigenvalue weighted by Gasteiger charge is -2.26. The van der Waals surface area contributed by atoms with Crippen molar-refractivity contribution in [1.29, 1.82) is 0 Å². The number of fused-ring (bicyclic) bond motifs is 2. The van der Waals surface area contributed by atoms with Gasteiger partial charge in [0.05, 0.1) is 22.3 Å². The van der Waals surface area contributed by atoms with Crippen LogP contribution in [0.5, 0.6) is 11.5 Å². The summed E-state index contributed by atoms with van der Waals surface area (Å²) < 4.78 is 12.5. The van der Waals surface area contributed by atoms with Gasteiger partial charge in [-0.3, -0.25) is 4.79 Å². The molecule has 2 heterocycles. The van der Waals surface area contributed by atoms with Crippen molar-refractivity contribution in [2.75, 3.05) is 13.2 Å². The molecule has 4 rings (SSSR count). The van der Waals surface area contributed by atoms with Gasteiger partial charge in [0.1, 0.15) is 12.7 Å². The molecule has 1 aliphatic heterocycles. The molecule has 3 aromatic rings. The van der Waals surface area contributed by atoms with Gasteiger partial charge in [-0.1, -0.05) is 12.1 Å². The van der Waals surface area contributed by atoms with Gasteiger partial charge < -0.3 is 14.8 Å². The van der Waals surface area contributed by atoms with E-state index in [2.05, 4.69) is 10.3 Å². The Labute approximate surface area is 136 Å². The number of hydrogen-bond donors (Lipinski definition) is 1. The summed E-state index contributed by atoms with van der Waals surface area (Å²) in [7, 11) is 0. The Kier molecular flexibility index (Phi) is 3.59. The first kappa shape index (κ1) is 14.0. The summed E-state index contributed by atoms with van der Waals surface area (Å²) in [6.07, 6.45) is -0.194. The lowest BCUT2D eigenvalue weighted by Crippen LogP contribution is -2.40. The number of ether oxygens (including phenoxy) is 2. The van der Waals surface area contributed by atoms with Crippen molar-refractivity contribution in [3.63, 3.8) is 0 Å². The minimum atomic E-state index is -0.194. The lowest BCUT2D eigenvalue weighted by molar-refractivity contribution is 0.0789. The van der Waals surface area contributed by atoms with E-state index in [1.54, 1.807) is 11.6 Å². The summed E-state index contributed by atoms with van der Waals surface area (Å²) in [4.78, 5) is 16.5. The van der Waals surface area contributed by atoms with Crippen LogP contribution in [0.4, 0.5) is 0 Å². The molecule has 1 aliphatic rings. The Morgan fingerprint density at radius 3 is 3.04 bits per heavy atom. The Morgan fingerprint density at radius 2 is 2.13 bits per heavy atom. The molecule has 116 valence electrons. The SMILES string of the molecule is O=C(NCC1COc2ccccc2O1)c1ccc2ncsc2c1. The molecule has 1 aromatic heterocycles. The summed E-state index contributed by atoms with van der Waals surface area (Å²) in [6, 6.07) is 13.0. The van der Waals surface area contributed by atoms with E-state index < -0.39 is 0 Å². The van der Waals surface area contributed by atoms with Crippen molar-refractivity contribution >= 4 is 27.5 Å². The Morgan fingerprint density at radius 1 is 1.26 bits per heavy atom. The number of para-hydroxylation sites is 2. The lowest BCUT2D eigenvalue weighted by atomic mass is 10.2. The van der Waals surface area contributed by atoms with Crippen LogP contribution in [0.3, 0.4) is 0 Å². The van der Waals surface area contributed by atoms with Gasteiger partial charge in [0.15, 0.2) is 11.5 Å². The zero-order chi connectivity index (χ0) is 15.6. The zero-order valence-electron chi connectivity index (χ0n) is 12.2. The van der Waals surface area contributed by atoms with Crippen LogP contribution in [-0.2, 0) is 0 Å². The molecule has 1 N–H and O–H groups in total. The molecule has 0 spiro atoms. The highest BCUT2D eigenvalue weighted by Gasteiger charge is 2.21. The first-order valence-corrected chi connectivity index (χ1v) is 8.17. The highest BCUT2D eigenvalue weighted by Crippen LogP contribution is 2.30. The highest BCUT2D eigenvalue weighted by atomic mass is 32.1. The van der Waals surface area contributed by atoms with E-state index >= 15 is 0 Å². The first-order chi connectivity index (χ1) is 11.3. The summed E-state index contributed by atoms with van der Waals surface area (Å²) in [5, 5.41) is 2.90. The molecule has 2 aromatic carbocycles. The second-order valence-electron chi connectivity index (χ2n) is 5.24. The Hall–Kier alpha value is -2.60. The number of aromatic nitrogens is 1. The van der Waals surface area contributed by atoms with Gasteiger partial charge in [0.2, 0.25) is 0 Å². The quantitative estimate of drug-likeness (QED) is 0.804. The molecular formula is C17H14N2O3S. The molecule has 1 atom stereocenters. The average molecular weight is 326 g/mol. The normalized spacial score (nSPS) is 16.3. The van der Waals surface area contributed by atoms with E-state index in [0.29, 0.717) is 24.5 Å². The van der Waals surface area contributed by atoms with Crippen LogP contribution in [0.2, 0.25) is 0 Å².